The number of aliphatic carboxylic acids is 1. The predicted molar refractivity (Wildman–Crippen MR) is 53.5 cm³/mol. The summed E-state index contributed by atoms with van der Waals surface area (Å²) < 4.78 is 5.42. The van der Waals surface area contributed by atoms with Gasteiger partial charge in [0, 0.05) is 6.42 Å². The molecule has 0 unspecified atom stereocenters. The van der Waals surface area contributed by atoms with Crippen molar-refractivity contribution in [3.63, 3.8) is 0 Å². The second-order valence-electron chi connectivity index (χ2n) is 3.11. The van der Waals surface area contributed by atoms with E-state index in [0.29, 0.717) is 13.0 Å². The Morgan fingerprint density at radius 2 is 2.14 bits per heavy atom. The van der Waals surface area contributed by atoms with Crippen LogP contribution in [0.5, 0.6) is 5.75 Å². The first kappa shape index (κ1) is 10.6. The van der Waals surface area contributed by atoms with Crippen LogP contribution in [0.2, 0.25) is 0 Å². The van der Waals surface area contributed by atoms with E-state index >= 15 is 0 Å². The number of para-hydroxylation sites is 1. The summed E-state index contributed by atoms with van der Waals surface area (Å²) >= 11 is 0. The topological polar surface area (TPSA) is 46.5 Å². The fraction of sp³-hybridized carbons (Fsp3) is 0.364. The Balaban J connectivity index is 2.31. The Morgan fingerprint density at radius 1 is 1.43 bits per heavy atom. The number of benzene rings is 1. The van der Waals surface area contributed by atoms with Crippen molar-refractivity contribution >= 4 is 5.97 Å². The van der Waals surface area contributed by atoms with Crippen LogP contribution >= 0.6 is 0 Å². The average molecular weight is 194 g/mol. The van der Waals surface area contributed by atoms with Gasteiger partial charge in [0.1, 0.15) is 5.75 Å². The van der Waals surface area contributed by atoms with Gasteiger partial charge in [-0.25, -0.2) is 0 Å². The van der Waals surface area contributed by atoms with E-state index in [1.54, 1.807) is 0 Å². The molecule has 14 heavy (non-hydrogen) atoms. The maximum absolute atomic E-state index is 10.2. The van der Waals surface area contributed by atoms with Gasteiger partial charge in [0.25, 0.3) is 0 Å². The van der Waals surface area contributed by atoms with Crippen molar-refractivity contribution in [1.29, 1.82) is 0 Å². The van der Waals surface area contributed by atoms with Crippen LogP contribution in [-0.2, 0) is 4.79 Å². The zero-order valence-electron chi connectivity index (χ0n) is 8.19. The Labute approximate surface area is 83.3 Å². The van der Waals surface area contributed by atoms with E-state index in [2.05, 4.69) is 0 Å². The van der Waals surface area contributed by atoms with E-state index in [-0.39, 0.29) is 6.42 Å². The van der Waals surface area contributed by atoms with Gasteiger partial charge in [-0.3, -0.25) is 4.79 Å². The normalized spacial score (nSPS) is 9.79. The highest BCUT2D eigenvalue weighted by atomic mass is 16.5. The molecule has 1 aromatic rings. The van der Waals surface area contributed by atoms with Crippen LogP contribution in [0, 0.1) is 6.92 Å². The molecular weight excluding hydrogens is 180 g/mol. The second kappa shape index (κ2) is 5.27. The summed E-state index contributed by atoms with van der Waals surface area (Å²) in [5.74, 6) is 0.0521. The lowest BCUT2D eigenvalue weighted by Crippen LogP contribution is -2.02. The molecule has 76 valence electrons. The van der Waals surface area contributed by atoms with Crippen molar-refractivity contribution < 1.29 is 14.6 Å². The first-order valence-corrected chi connectivity index (χ1v) is 4.60. The summed E-state index contributed by atoms with van der Waals surface area (Å²) in [5, 5.41) is 8.41. The molecule has 3 nitrogen and oxygen atoms in total. The average Bonchev–Trinajstić information content (AvgIpc) is 2.15. The number of carboxylic acids is 1. The zero-order chi connectivity index (χ0) is 10.4. The van der Waals surface area contributed by atoms with E-state index in [9.17, 15) is 4.79 Å². The Morgan fingerprint density at radius 3 is 2.79 bits per heavy atom. The molecule has 0 spiro atoms. The largest absolute Gasteiger partial charge is 0.493 e. The molecule has 3 heteroatoms. The van der Waals surface area contributed by atoms with Crippen LogP contribution in [-0.4, -0.2) is 17.7 Å². The molecule has 0 amide bonds. The second-order valence-corrected chi connectivity index (χ2v) is 3.11. The lowest BCUT2D eigenvalue weighted by atomic mass is 10.2. The summed E-state index contributed by atoms with van der Waals surface area (Å²) in [7, 11) is 0. The fourth-order valence-electron chi connectivity index (χ4n) is 1.12. The standard InChI is InChI=1S/C11H14O3/c1-9-5-2-3-6-10(9)14-8-4-7-11(12)13/h2-3,5-6H,4,7-8H2,1H3,(H,12,13). The molecular formula is C11H14O3. The summed E-state index contributed by atoms with van der Waals surface area (Å²) in [6.45, 7) is 2.42. The molecule has 0 aliphatic heterocycles. The molecule has 0 heterocycles. The first-order valence-electron chi connectivity index (χ1n) is 4.60. The molecule has 0 bridgehead atoms. The lowest BCUT2D eigenvalue weighted by Gasteiger charge is -2.07. The maximum Gasteiger partial charge on any atom is 0.303 e. The highest BCUT2D eigenvalue weighted by Crippen LogP contribution is 2.16. The smallest absolute Gasteiger partial charge is 0.303 e. The molecule has 0 fully saturated rings. The van der Waals surface area contributed by atoms with Gasteiger partial charge in [-0.1, -0.05) is 18.2 Å². The minimum absolute atomic E-state index is 0.159. The highest BCUT2D eigenvalue weighted by molar-refractivity contribution is 5.66. The first-order chi connectivity index (χ1) is 6.70. The van der Waals surface area contributed by atoms with Crippen LogP contribution in [0.25, 0.3) is 0 Å². The van der Waals surface area contributed by atoms with Crippen molar-refractivity contribution in [3.05, 3.63) is 29.8 Å². The Hall–Kier alpha value is -1.51. The van der Waals surface area contributed by atoms with Crippen LogP contribution < -0.4 is 4.74 Å². The third-order valence-corrected chi connectivity index (χ3v) is 1.89. The van der Waals surface area contributed by atoms with Gasteiger partial charge in [0.15, 0.2) is 0 Å². The summed E-state index contributed by atoms with van der Waals surface area (Å²) in [6, 6.07) is 7.70. The summed E-state index contributed by atoms with van der Waals surface area (Å²) in [5.41, 5.74) is 1.07. The molecule has 0 radical (unpaired) electrons. The van der Waals surface area contributed by atoms with Gasteiger partial charge in [0.2, 0.25) is 0 Å². The van der Waals surface area contributed by atoms with Gasteiger partial charge in [-0.2, -0.15) is 0 Å². The van der Waals surface area contributed by atoms with Crippen molar-refractivity contribution in [1.82, 2.24) is 0 Å². The molecule has 1 aromatic carbocycles. The van der Waals surface area contributed by atoms with Gasteiger partial charge in [-0.15, -0.1) is 0 Å². The quantitative estimate of drug-likeness (QED) is 0.731. The van der Waals surface area contributed by atoms with E-state index in [1.165, 1.54) is 0 Å². The van der Waals surface area contributed by atoms with Gasteiger partial charge >= 0.3 is 5.97 Å². The van der Waals surface area contributed by atoms with Crippen molar-refractivity contribution in [2.75, 3.05) is 6.61 Å². The molecule has 0 aliphatic carbocycles. The van der Waals surface area contributed by atoms with E-state index in [4.69, 9.17) is 9.84 Å². The number of aryl methyl sites for hydroxylation is 1. The Bertz CT molecular complexity index is 307. The van der Waals surface area contributed by atoms with Crippen molar-refractivity contribution in [2.24, 2.45) is 0 Å². The zero-order valence-corrected chi connectivity index (χ0v) is 8.19. The van der Waals surface area contributed by atoms with E-state index < -0.39 is 5.97 Å². The van der Waals surface area contributed by atoms with Crippen molar-refractivity contribution in [3.8, 4) is 5.75 Å². The highest BCUT2D eigenvalue weighted by Gasteiger charge is 1.99. The fourth-order valence-corrected chi connectivity index (χ4v) is 1.12. The summed E-state index contributed by atoms with van der Waals surface area (Å²) in [4.78, 5) is 10.2. The van der Waals surface area contributed by atoms with Crippen LogP contribution in [0.1, 0.15) is 18.4 Å². The van der Waals surface area contributed by atoms with Gasteiger partial charge in [-0.05, 0) is 25.0 Å². The number of rotatable bonds is 5. The summed E-state index contributed by atoms with van der Waals surface area (Å²) in [6.07, 6.45) is 0.704. The number of carboxylic acid groups (broad SMARTS) is 1. The molecule has 0 saturated carbocycles. The van der Waals surface area contributed by atoms with E-state index in [1.807, 2.05) is 31.2 Å². The molecule has 0 aliphatic rings. The molecule has 1 rings (SSSR count). The monoisotopic (exact) mass is 194 g/mol. The lowest BCUT2D eigenvalue weighted by molar-refractivity contribution is -0.137. The number of ether oxygens (including phenoxy) is 1. The van der Waals surface area contributed by atoms with E-state index in [0.717, 1.165) is 11.3 Å². The number of carbonyl (C=O) groups is 1. The van der Waals surface area contributed by atoms with Crippen molar-refractivity contribution in [2.45, 2.75) is 19.8 Å². The Kier molecular flexibility index (Phi) is 3.98. The predicted octanol–water partition coefficient (Wildman–Crippen LogP) is 2.24. The number of hydrogen-bond donors (Lipinski definition) is 1. The van der Waals surface area contributed by atoms with Crippen LogP contribution in [0.4, 0.5) is 0 Å². The van der Waals surface area contributed by atoms with Crippen LogP contribution in [0.3, 0.4) is 0 Å². The molecule has 1 N–H and O–H groups in total. The minimum atomic E-state index is -0.779. The molecule has 0 saturated heterocycles. The molecule has 0 atom stereocenters. The third kappa shape index (κ3) is 3.47. The minimum Gasteiger partial charge on any atom is -0.493 e. The number of hydrogen-bond acceptors (Lipinski definition) is 2. The SMILES string of the molecule is Cc1ccccc1OCCCC(=O)O. The molecule has 0 aromatic heterocycles. The van der Waals surface area contributed by atoms with Crippen LogP contribution in [0.15, 0.2) is 24.3 Å². The maximum atomic E-state index is 10.2. The third-order valence-electron chi connectivity index (χ3n) is 1.89. The van der Waals surface area contributed by atoms with Gasteiger partial charge in [0.05, 0.1) is 6.61 Å². The van der Waals surface area contributed by atoms with Gasteiger partial charge < -0.3 is 9.84 Å².